The van der Waals surface area contributed by atoms with Crippen LogP contribution in [0.2, 0.25) is 0 Å². The predicted molar refractivity (Wildman–Crippen MR) is 128 cm³/mol. The molecule has 1 amide bonds. The third kappa shape index (κ3) is 23.6. The van der Waals surface area contributed by atoms with Crippen LogP contribution in [0.5, 0.6) is 0 Å². The Labute approximate surface area is 192 Å². The third-order valence-electron chi connectivity index (χ3n) is 5.33. The molecule has 0 fully saturated rings. The molecule has 0 aliphatic heterocycles. The van der Waals surface area contributed by atoms with E-state index < -0.39 is 6.09 Å². The SMILES string of the molecule is CCCCCCCCCCCCCCOCCCOC(=O)NCCOCC(C)(C)OC. The van der Waals surface area contributed by atoms with Gasteiger partial charge in [-0.25, -0.2) is 4.79 Å². The Morgan fingerprint density at radius 2 is 1.26 bits per heavy atom. The summed E-state index contributed by atoms with van der Waals surface area (Å²) >= 11 is 0. The molecule has 6 nitrogen and oxygen atoms in total. The van der Waals surface area contributed by atoms with Crippen molar-refractivity contribution in [2.45, 2.75) is 110 Å². The van der Waals surface area contributed by atoms with Gasteiger partial charge in [0.1, 0.15) is 0 Å². The molecule has 0 saturated heterocycles. The monoisotopic (exact) mass is 445 g/mol. The van der Waals surface area contributed by atoms with Crippen molar-refractivity contribution in [2.75, 3.05) is 46.7 Å². The number of alkyl carbamates (subject to hydrolysis) is 1. The molecule has 31 heavy (non-hydrogen) atoms. The van der Waals surface area contributed by atoms with Crippen LogP contribution in [-0.4, -0.2) is 58.4 Å². The van der Waals surface area contributed by atoms with Crippen LogP contribution in [0.4, 0.5) is 4.79 Å². The fraction of sp³-hybridized carbons (Fsp3) is 0.960. The molecule has 0 radical (unpaired) electrons. The zero-order chi connectivity index (χ0) is 23.0. The first-order valence-electron chi connectivity index (χ1n) is 12.6. The second-order valence-corrected chi connectivity index (χ2v) is 8.93. The Morgan fingerprint density at radius 3 is 1.84 bits per heavy atom. The zero-order valence-corrected chi connectivity index (χ0v) is 21.0. The lowest BCUT2D eigenvalue weighted by molar-refractivity contribution is -0.0497. The Bertz CT molecular complexity index is 390. The third-order valence-corrected chi connectivity index (χ3v) is 5.33. The Balaban J connectivity index is 3.20. The van der Waals surface area contributed by atoms with Gasteiger partial charge < -0.3 is 24.3 Å². The van der Waals surface area contributed by atoms with E-state index in [-0.39, 0.29) is 5.60 Å². The Hall–Kier alpha value is -0.850. The van der Waals surface area contributed by atoms with E-state index in [1.165, 1.54) is 70.6 Å². The summed E-state index contributed by atoms with van der Waals surface area (Å²) in [5, 5.41) is 2.67. The Morgan fingerprint density at radius 1 is 0.710 bits per heavy atom. The van der Waals surface area contributed by atoms with Gasteiger partial charge in [0.25, 0.3) is 0 Å². The van der Waals surface area contributed by atoms with Gasteiger partial charge in [0, 0.05) is 33.3 Å². The highest BCUT2D eigenvalue weighted by atomic mass is 16.6. The minimum atomic E-state index is -0.407. The van der Waals surface area contributed by atoms with Crippen molar-refractivity contribution in [1.82, 2.24) is 5.32 Å². The van der Waals surface area contributed by atoms with Crippen LogP contribution in [0.25, 0.3) is 0 Å². The minimum absolute atomic E-state index is 0.312. The summed E-state index contributed by atoms with van der Waals surface area (Å²) in [4.78, 5) is 11.6. The zero-order valence-electron chi connectivity index (χ0n) is 21.0. The number of amides is 1. The highest BCUT2D eigenvalue weighted by Crippen LogP contribution is 2.12. The summed E-state index contributed by atoms with van der Waals surface area (Å²) in [6.45, 7) is 9.34. The lowest BCUT2D eigenvalue weighted by atomic mass is 10.1. The number of nitrogens with one attached hydrogen (secondary N) is 1. The van der Waals surface area contributed by atoms with Gasteiger partial charge in [0.2, 0.25) is 0 Å². The van der Waals surface area contributed by atoms with Crippen LogP contribution in [-0.2, 0) is 18.9 Å². The maximum Gasteiger partial charge on any atom is 0.407 e. The maximum atomic E-state index is 11.6. The summed E-state index contributed by atoms with van der Waals surface area (Å²) in [7, 11) is 1.65. The molecule has 0 rings (SSSR count). The van der Waals surface area contributed by atoms with E-state index in [0.717, 1.165) is 19.4 Å². The molecule has 0 aromatic carbocycles. The van der Waals surface area contributed by atoms with Crippen molar-refractivity contribution in [3.63, 3.8) is 0 Å². The number of hydrogen-bond donors (Lipinski definition) is 1. The largest absolute Gasteiger partial charge is 0.449 e. The van der Waals surface area contributed by atoms with E-state index in [9.17, 15) is 4.79 Å². The van der Waals surface area contributed by atoms with Crippen LogP contribution < -0.4 is 5.32 Å². The molecule has 0 aromatic rings. The van der Waals surface area contributed by atoms with Crippen molar-refractivity contribution < 1.29 is 23.7 Å². The Kier molecular flexibility index (Phi) is 21.7. The van der Waals surface area contributed by atoms with E-state index in [1.54, 1.807) is 7.11 Å². The molecule has 0 aliphatic carbocycles. The molecule has 0 aliphatic rings. The number of rotatable bonds is 23. The number of methoxy groups -OCH3 is 1. The standard InChI is InChI=1S/C25H51NO5/c1-5-6-7-8-9-10-11-12-13-14-15-16-19-29-20-17-21-31-24(27)26-18-22-30-23-25(2,3)28-4/h5-23H2,1-4H3,(H,26,27). The van der Waals surface area contributed by atoms with Gasteiger partial charge in [-0.15, -0.1) is 0 Å². The number of carbonyl (C=O) groups is 1. The van der Waals surface area contributed by atoms with Gasteiger partial charge in [0.05, 0.1) is 25.4 Å². The molecule has 0 spiro atoms. The molecule has 0 aromatic heterocycles. The number of unbranched alkanes of at least 4 members (excludes halogenated alkanes) is 11. The average Bonchev–Trinajstić information content (AvgIpc) is 2.75. The minimum Gasteiger partial charge on any atom is -0.449 e. The number of hydrogen-bond acceptors (Lipinski definition) is 5. The topological polar surface area (TPSA) is 66.0 Å². The van der Waals surface area contributed by atoms with Crippen molar-refractivity contribution in [3.05, 3.63) is 0 Å². The van der Waals surface area contributed by atoms with Crippen molar-refractivity contribution in [3.8, 4) is 0 Å². The van der Waals surface area contributed by atoms with Crippen molar-refractivity contribution in [2.24, 2.45) is 0 Å². The lowest BCUT2D eigenvalue weighted by Crippen LogP contribution is -2.32. The van der Waals surface area contributed by atoms with E-state index >= 15 is 0 Å². The van der Waals surface area contributed by atoms with Crippen LogP contribution in [0.15, 0.2) is 0 Å². The van der Waals surface area contributed by atoms with E-state index in [0.29, 0.717) is 33.0 Å². The van der Waals surface area contributed by atoms with E-state index in [1.807, 2.05) is 13.8 Å². The molecule has 186 valence electrons. The molecule has 0 heterocycles. The van der Waals surface area contributed by atoms with Gasteiger partial charge in [-0.05, 0) is 20.3 Å². The molecule has 0 unspecified atom stereocenters. The quantitative estimate of drug-likeness (QED) is 0.188. The normalized spacial score (nSPS) is 11.6. The highest BCUT2D eigenvalue weighted by Gasteiger charge is 2.15. The molecule has 6 heteroatoms. The summed E-state index contributed by atoms with van der Waals surface area (Å²) in [6.07, 6.45) is 16.5. The number of ether oxygens (including phenoxy) is 4. The van der Waals surface area contributed by atoms with E-state index in [2.05, 4.69) is 12.2 Å². The van der Waals surface area contributed by atoms with Gasteiger partial charge in [0.15, 0.2) is 0 Å². The fourth-order valence-corrected chi connectivity index (χ4v) is 3.13. The first-order chi connectivity index (χ1) is 15.0. The van der Waals surface area contributed by atoms with Crippen LogP contribution >= 0.6 is 0 Å². The molecular weight excluding hydrogens is 394 g/mol. The maximum absolute atomic E-state index is 11.6. The van der Waals surface area contributed by atoms with E-state index in [4.69, 9.17) is 18.9 Å². The van der Waals surface area contributed by atoms with Crippen LogP contribution in [0.1, 0.15) is 104 Å². The number of carbonyl (C=O) groups excluding carboxylic acids is 1. The smallest absolute Gasteiger partial charge is 0.407 e. The first-order valence-corrected chi connectivity index (χ1v) is 12.6. The lowest BCUT2D eigenvalue weighted by Gasteiger charge is -2.22. The van der Waals surface area contributed by atoms with Crippen LogP contribution in [0.3, 0.4) is 0 Å². The predicted octanol–water partition coefficient (Wildman–Crippen LogP) is 6.26. The summed E-state index contributed by atoms with van der Waals surface area (Å²) in [6, 6.07) is 0. The molecule has 0 saturated carbocycles. The van der Waals surface area contributed by atoms with Gasteiger partial charge >= 0.3 is 6.09 Å². The molecule has 1 N–H and O–H groups in total. The highest BCUT2D eigenvalue weighted by molar-refractivity contribution is 5.66. The van der Waals surface area contributed by atoms with Crippen LogP contribution in [0, 0.1) is 0 Å². The van der Waals surface area contributed by atoms with Crippen molar-refractivity contribution in [1.29, 1.82) is 0 Å². The summed E-state index contributed by atoms with van der Waals surface area (Å²) < 4.78 is 21.5. The first kappa shape index (κ1) is 30.1. The van der Waals surface area contributed by atoms with Gasteiger partial charge in [-0.3, -0.25) is 0 Å². The average molecular weight is 446 g/mol. The molecule has 0 atom stereocenters. The fourth-order valence-electron chi connectivity index (χ4n) is 3.13. The second kappa shape index (κ2) is 22.3. The molecule has 0 bridgehead atoms. The molecular formula is C25H51NO5. The summed E-state index contributed by atoms with van der Waals surface area (Å²) in [5.41, 5.74) is -0.312. The second-order valence-electron chi connectivity index (χ2n) is 8.93. The van der Waals surface area contributed by atoms with Crippen molar-refractivity contribution >= 4 is 6.09 Å². The van der Waals surface area contributed by atoms with Gasteiger partial charge in [-0.1, -0.05) is 77.6 Å². The van der Waals surface area contributed by atoms with Gasteiger partial charge in [-0.2, -0.15) is 0 Å². The summed E-state index contributed by atoms with van der Waals surface area (Å²) in [5.74, 6) is 0.